The molecule has 0 amide bonds. The van der Waals surface area contributed by atoms with Gasteiger partial charge in [0.2, 0.25) is 0 Å². The van der Waals surface area contributed by atoms with Gasteiger partial charge in [-0.05, 0) is 12.8 Å². The summed E-state index contributed by atoms with van der Waals surface area (Å²) >= 11 is 1.32. The quantitative estimate of drug-likeness (QED) is 0.757. The van der Waals surface area contributed by atoms with E-state index < -0.39 is 9.84 Å². The Hall–Kier alpha value is -0.750. The van der Waals surface area contributed by atoms with Crippen molar-refractivity contribution in [2.75, 3.05) is 11.5 Å². The lowest BCUT2D eigenvalue weighted by Crippen LogP contribution is -2.23. The van der Waals surface area contributed by atoms with Crippen molar-refractivity contribution in [3.8, 4) is 0 Å². The topological polar surface area (TPSA) is 64.1 Å². The summed E-state index contributed by atoms with van der Waals surface area (Å²) in [6, 6.07) is 0. The van der Waals surface area contributed by atoms with Crippen LogP contribution in [0.4, 0.5) is 0 Å². The molecule has 88 valence electrons. The third-order valence-electron chi connectivity index (χ3n) is 2.68. The Kier molecular flexibility index (Phi) is 3.12. The van der Waals surface area contributed by atoms with Crippen molar-refractivity contribution in [2.24, 2.45) is 0 Å². The molecule has 0 bridgehead atoms. The van der Waals surface area contributed by atoms with Gasteiger partial charge in [0.1, 0.15) is 0 Å². The largest absolute Gasteiger partial charge is 0.294 e. The molecular weight excluding hydrogens is 246 g/mol. The van der Waals surface area contributed by atoms with Crippen molar-refractivity contribution >= 4 is 27.0 Å². The van der Waals surface area contributed by atoms with Crippen LogP contribution in [0.1, 0.15) is 40.4 Å². The highest BCUT2D eigenvalue weighted by molar-refractivity contribution is 7.91. The molecule has 1 aromatic rings. The Balaban J connectivity index is 2.20. The summed E-state index contributed by atoms with van der Waals surface area (Å²) in [6.07, 6.45) is 3.09. The first-order chi connectivity index (χ1) is 7.48. The van der Waals surface area contributed by atoms with Crippen molar-refractivity contribution in [1.82, 2.24) is 4.98 Å². The van der Waals surface area contributed by atoms with Crippen molar-refractivity contribution in [3.63, 3.8) is 0 Å². The van der Waals surface area contributed by atoms with Gasteiger partial charge in [0.05, 0.1) is 21.4 Å². The average Bonchev–Trinajstić information content (AvgIpc) is 2.64. The normalized spacial score (nSPS) is 24.2. The molecule has 1 aliphatic rings. The van der Waals surface area contributed by atoms with Gasteiger partial charge in [-0.2, -0.15) is 0 Å². The van der Waals surface area contributed by atoms with Crippen LogP contribution in [-0.4, -0.2) is 30.7 Å². The van der Waals surface area contributed by atoms with Crippen LogP contribution in [0, 0.1) is 0 Å². The summed E-state index contributed by atoms with van der Waals surface area (Å²) < 4.78 is 23.0. The van der Waals surface area contributed by atoms with E-state index in [0.29, 0.717) is 11.3 Å². The highest BCUT2D eigenvalue weighted by atomic mass is 32.2. The van der Waals surface area contributed by atoms with Gasteiger partial charge in [0.25, 0.3) is 0 Å². The number of ketones is 1. The van der Waals surface area contributed by atoms with E-state index in [1.54, 1.807) is 6.20 Å². The second-order valence-electron chi connectivity index (χ2n) is 4.07. The molecular formula is C10H13NO3S2. The van der Waals surface area contributed by atoms with E-state index in [9.17, 15) is 13.2 Å². The summed E-state index contributed by atoms with van der Waals surface area (Å²) in [5, 5.41) is 0.786. The van der Waals surface area contributed by atoms with Crippen LogP contribution in [0.25, 0.3) is 0 Å². The molecule has 0 aromatic carbocycles. The van der Waals surface area contributed by atoms with Gasteiger partial charge in [-0.15, -0.1) is 11.3 Å². The van der Waals surface area contributed by atoms with E-state index in [4.69, 9.17) is 0 Å². The standard InChI is InChI=1S/C10H13NO3S2/c1-7(12)9-5-11-10(15-9)8-3-2-4-16(13,14)6-8/h5,8H,2-4,6H2,1H3. The molecule has 1 unspecified atom stereocenters. The fraction of sp³-hybridized carbons (Fsp3) is 0.600. The number of aromatic nitrogens is 1. The number of hydrogen-bond acceptors (Lipinski definition) is 5. The number of hydrogen-bond donors (Lipinski definition) is 0. The minimum atomic E-state index is -2.91. The maximum atomic E-state index is 11.5. The maximum Gasteiger partial charge on any atom is 0.171 e. The zero-order valence-electron chi connectivity index (χ0n) is 8.97. The fourth-order valence-electron chi connectivity index (χ4n) is 1.86. The lowest BCUT2D eigenvalue weighted by Gasteiger charge is -2.19. The molecule has 6 heteroatoms. The molecule has 1 fully saturated rings. The highest BCUT2D eigenvalue weighted by Crippen LogP contribution is 2.31. The number of carbonyl (C=O) groups is 1. The van der Waals surface area contributed by atoms with E-state index in [1.807, 2.05) is 0 Å². The number of Topliss-reactive ketones (excluding diaryl/α,β-unsaturated/α-hetero) is 1. The highest BCUT2D eigenvalue weighted by Gasteiger charge is 2.28. The Morgan fingerprint density at radius 2 is 2.31 bits per heavy atom. The van der Waals surface area contributed by atoms with Gasteiger partial charge in [0.15, 0.2) is 15.6 Å². The van der Waals surface area contributed by atoms with Crippen LogP contribution in [-0.2, 0) is 9.84 Å². The Morgan fingerprint density at radius 1 is 1.56 bits per heavy atom. The fourth-order valence-corrected chi connectivity index (χ4v) is 4.62. The number of thiazole rings is 1. The van der Waals surface area contributed by atoms with Crippen molar-refractivity contribution < 1.29 is 13.2 Å². The first-order valence-electron chi connectivity index (χ1n) is 5.15. The summed E-state index contributed by atoms with van der Waals surface area (Å²) in [6.45, 7) is 1.49. The maximum absolute atomic E-state index is 11.5. The number of sulfone groups is 1. The minimum Gasteiger partial charge on any atom is -0.294 e. The van der Waals surface area contributed by atoms with Gasteiger partial charge in [0, 0.05) is 19.0 Å². The number of nitrogens with zero attached hydrogens (tertiary/aromatic N) is 1. The van der Waals surface area contributed by atoms with Crippen LogP contribution < -0.4 is 0 Å². The van der Waals surface area contributed by atoms with Crippen LogP contribution >= 0.6 is 11.3 Å². The predicted molar refractivity (Wildman–Crippen MR) is 62.7 cm³/mol. The Morgan fingerprint density at radius 3 is 2.88 bits per heavy atom. The molecule has 0 saturated carbocycles. The molecule has 2 heterocycles. The molecule has 1 aliphatic heterocycles. The predicted octanol–water partition coefficient (Wildman–Crippen LogP) is 1.64. The van der Waals surface area contributed by atoms with Crippen LogP contribution in [0.2, 0.25) is 0 Å². The molecule has 1 atom stereocenters. The van der Waals surface area contributed by atoms with E-state index >= 15 is 0 Å². The summed E-state index contributed by atoms with van der Waals surface area (Å²) in [7, 11) is -2.91. The smallest absolute Gasteiger partial charge is 0.171 e. The first kappa shape index (κ1) is 11.7. The van der Waals surface area contributed by atoms with Crippen molar-refractivity contribution in [2.45, 2.75) is 25.7 Å². The monoisotopic (exact) mass is 259 g/mol. The minimum absolute atomic E-state index is 0.0117. The van der Waals surface area contributed by atoms with Gasteiger partial charge in [-0.25, -0.2) is 13.4 Å². The van der Waals surface area contributed by atoms with Crippen molar-refractivity contribution in [3.05, 3.63) is 16.1 Å². The Bertz CT molecular complexity index is 504. The molecule has 0 spiro atoms. The van der Waals surface area contributed by atoms with Gasteiger partial charge in [-0.3, -0.25) is 4.79 Å². The van der Waals surface area contributed by atoms with Crippen molar-refractivity contribution in [1.29, 1.82) is 0 Å². The molecule has 0 aliphatic carbocycles. The number of carbonyl (C=O) groups excluding carboxylic acids is 1. The second kappa shape index (κ2) is 4.25. The Labute approximate surface area is 98.6 Å². The van der Waals surface area contributed by atoms with Crippen LogP contribution in [0.5, 0.6) is 0 Å². The number of rotatable bonds is 2. The van der Waals surface area contributed by atoms with Crippen LogP contribution in [0.3, 0.4) is 0 Å². The molecule has 0 N–H and O–H groups in total. The zero-order valence-corrected chi connectivity index (χ0v) is 10.6. The zero-order chi connectivity index (χ0) is 11.8. The molecule has 0 radical (unpaired) electrons. The molecule has 1 saturated heterocycles. The summed E-state index contributed by atoms with van der Waals surface area (Å²) in [4.78, 5) is 15.9. The van der Waals surface area contributed by atoms with E-state index in [0.717, 1.165) is 11.4 Å². The van der Waals surface area contributed by atoms with E-state index in [-0.39, 0.29) is 23.2 Å². The molecule has 2 rings (SSSR count). The molecule has 16 heavy (non-hydrogen) atoms. The molecule has 1 aromatic heterocycles. The van der Waals surface area contributed by atoms with Gasteiger partial charge in [-0.1, -0.05) is 0 Å². The summed E-state index contributed by atoms with van der Waals surface area (Å²) in [5.74, 6) is 0.436. The average molecular weight is 259 g/mol. The molecule has 4 nitrogen and oxygen atoms in total. The third kappa shape index (κ3) is 2.49. The van der Waals surface area contributed by atoms with E-state index in [2.05, 4.69) is 4.98 Å². The second-order valence-corrected chi connectivity index (χ2v) is 7.36. The van der Waals surface area contributed by atoms with E-state index in [1.165, 1.54) is 18.3 Å². The van der Waals surface area contributed by atoms with Gasteiger partial charge < -0.3 is 0 Å². The third-order valence-corrected chi connectivity index (χ3v) is 5.76. The van der Waals surface area contributed by atoms with Gasteiger partial charge >= 0.3 is 0 Å². The lowest BCUT2D eigenvalue weighted by molar-refractivity contribution is 0.102. The lowest BCUT2D eigenvalue weighted by atomic mass is 10.1. The SMILES string of the molecule is CC(=O)c1cnc(C2CCCS(=O)(=O)C2)s1. The first-order valence-corrected chi connectivity index (χ1v) is 7.79. The van der Waals surface area contributed by atoms with Crippen LogP contribution in [0.15, 0.2) is 6.20 Å². The summed E-state index contributed by atoms with van der Waals surface area (Å²) in [5.41, 5.74) is 0.